The first-order valence-electron chi connectivity index (χ1n) is 10.9. The van der Waals surface area contributed by atoms with Gasteiger partial charge in [-0.1, -0.05) is 55.8 Å². The van der Waals surface area contributed by atoms with Gasteiger partial charge in [-0.3, -0.25) is 9.59 Å². The van der Waals surface area contributed by atoms with E-state index >= 15 is 0 Å². The van der Waals surface area contributed by atoms with Crippen LogP contribution in [0.25, 0.3) is 10.9 Å². The van der Waals surface area contributed by atoms with Crippen LogP contribution in [0.4, 0.5) is 0 Å². The Labute approximate surface area is 188 Å². The van der Waals surface area contributed by atoms with Gasteiger partial charge in [-0.15, -0.1) is 0 Å². The number of hydrogen-bond donors (Lipinski definition) is 1. The predicted molar refractivity (Wildman–Crippen MR) is 126 cm³/mol. The molecule has 3 aromatic rings. The van der Waals surface area contributed by atoms with Crippen molar-refractivity contribution >= 4 is 34.3 Å². The number of ketones is 1. The number of carboxylic acid groups (broad SMARTS) is 1. The van der Waals surface area contributed by atoms with Crippen molar-refractivity contribution in [3.8, 4) is 0 Å². The number of Topliss-reactive ketones (excluding diaryl/α,β-unsaturated/α-hetero) is 1. The maximum absolute atomic E-state index is 13.3. The van der Waals surface area contributed by atoms with Crippen LogP contribution >= 0.6 is 11.6 Å². The summed E-state index contributed by atoms with van der Waals surface area (Å²) in [7, 11) is 1.99. The number of nitrogens with zero attached hydrogens (tertiary/aromatic N) is 1. The van der Waals surface area contributed by atoms with Crippen LogP contribution in [0.3, 0.4) is 0 Å². The van der Waals surface area contributed by atoms with Gasteiger partial charge in [0.15, 0.2) is 5.78 Å². The van der Waals surface area contributed by atoms with Crippen molar-refractivity contribution in [1.82, 2.24) is 4.57 Å². The Hall–Kier alpha value is -2.59. The van der Waals surface area contributed by atoms with E-state index in [1.807, 2.05) is 38.2 Å². The van der Waals surface area contributed by atoms with Crippen molar-refractivity contribution in [2.24, 2.45) is 18.9 Å². The summed E-state index contributed by atoms with van der Waals surface area (Å²) in [4.78, 5) is 24.7. The number of carbonyl (C=O) groups is 2. The van der Waals surface area contributed by atoms with E-state index in [2.05, 4.69) is 28.8 Å². The van der Waals surface area contributed by atoms with Crippen LogP contribution in [0.1, 0.15) is 54.7 Å². The topological polar surface area (TPSA) is 59.3 Å². The molecule has 1 heterocycles. The number of aliphatic carboxylic acids is 1. The fraction of sp³-hybridized carbons (Fsp3) is 0.385. The average Bonchev–Trinajstić information content (AvgIpc) is 3.02. The predicted octanol–water partition coefficient (Wildman–Crippen LogP) is 6.33. The van der Waals surface area contributed by atoms with Crippen molar-refractivity contribution in [3.63, 3.8) is 0 Å². The van der Waals surface area contributed by atoms with Gasteiger partial charge >= 0.3 is 5.97 Å². The van der Waals surface area contributed by atoms with Crippen LogP contribution in [0.15, 0.2) is 48.5 Å². The van der Waals surface area contributed by atoms with E-state index in [-0.39, 0.29) is 18.1 Å². The molecule has 31 heavy (non-hydrogen) atoms. The SMILES string of the molecule is CC(CC(=O)c1c(CCCCc2ccccc2)n(C)c2ccc(Cl)cc12)C(C)C(=O)O. The molecule has 1 N–H and O–H groups in total. The van der Waals surface area contributed by atoms with Gasteiger partial charge < -0.3 is 9.67 Å². The third-order valence-corrected chi connectivity index (χ3v) is 6.52. The molecule has 0 aliphatic carbocycles. The molecule has 5 heteroatoms. The maximum Gasteiger partial charge on any atom is 0.306 e. The Morgan fingerprint density at radius 3 is 2.39 bits per heavy atom. The Morgan fingerprint density at radius 1 is 1.03 bits per heavy atom. The monoisotopic (exact) mass is 439 g/mol. The molecule has 1 aromatic heterocycles. The molecule has 0 radical (unpaired) electrons. The van der Waals surface area contributed by atoms with E-state index < -0.39 is 11.9 Å². The van der Waals surface area contributed by atoms with E-state index in [1.165, 1.54) is 5.56 Å². The Kier molecular flexibility index (Phi) is 7.55. The first kappa shape index (κ1) is 23.1. The second kappa shape index (κ2) is 10.1. The van der Waals surface area contributed by atoms with Crippen molar-refractivity contribution in [2.45, 2.75) is 46.0 Å². The van der Waals surface area contributed by atoms with Crippen LogP contribution in [0.5, 0.6) is 0 Å². The number of benzene rings is 2. The summed E-state index contributed by atoms with van der Waals surface area (Å²) in [6.07, 6.45) is 4.00. The summed E-state index contributed by atoms with van der Waals surface area (Å²) >= 11 is 6.25. The molecule has 0 aliphatic rings. The molecule has 2 aromatic carbocycles. The van der Waals surface area contributed by atoms with Gasteiger partial charge in [0.2, 0.25) is 0 Å². The first-order valence-corrected chi connectivity index (χ1v) is 11.2. The van der Waals surface area contributed by atoms with E-state index in [9.17, 15) is 14.7 Å². The molecular formula is C26H30ClNO3. The Morgan fingerprint density at radius 2 is 1.71 bits per heavy atom. The second-order valence-electron chi connectivity index (χ2n) is 8.47. The molecule has 0 fully saturated rings. The molecule has 0 saturated carbocycles. The Bertz CT molecular complexity index is 1070. The second-order valence-corrected chi connectivity index (χ2v) is 8.90. The molecule has 0 spiro atoms. The van der Waals surface area contributed by atoms with Gasteiger partial charge in [-0.05, 0) is 55.4 Å². The molecule has 2 atom stereocenters. The zero-order valence-corrected chi connectivity index (χ0v) is 19.2. The lowest BCUT2D eigenvalue weighted by atomic mass is 9.88. The third-order valence-electron chi connectivity index (χ3n) is 6.28. The summed E-state index contributed by atoms with van der Waals surface area (Å²) in [5, 5.41) is 10.8. The van der Waals surface area contributed by atoms with Crippen LogP contribution in [-0.2, 0) is 24.7 Å². The average molecular weight is 440 g/mol. The minimum absolute atomic E-state index is 0.00785. The largest absolute Gasteiger partial charge is 0.481 e. The molecule has 3 rings (SSSR count). The molecule has 0 aliphatic heterocycles. The molecule has 2 unspecified atom stereocenters. The van der Waals surface area contributed by atoms with E-state index in [1.54, 1.807) is 6.92 Å². The fourth-order valence-electron chi connectivity index (χ4n) is 4.15. The van der Waals surface area contributed by atoms with E-state index in [0.717, 1.165) is 42.3 Å². The number of hydrogen-bond acceptors (Lipinski definition) is 2. The highest BCUT2D eigenvalue weighted by Crippen LogP contribution is 2.32. The minimum atomic E-state index is -0.873. The number of carbonyl (C=O) groups excluding carboxylic acids is 1. The first-order chi connectivity index (χ1) is 14.8. The van der Waals surface area contributed by atoms with Crippen molar-refractivity contribution < 1.29 is 14.7 Å². The van der Waals surface area contributed by atoms with Gasteiger partial charge in [-0.2, -0.15) is 0 Å². The zero-order chi connectivity index (χ0) is 22.5. The van der Waals surface area contributed by atoms with Crippen LogP contribution in [0.2, 0.25) is 5.02 Å². The van der Waals surface area contributed by atoms with Crippen molar-refractivity contribution in [1.29, 1.82) is 0 Å². The quantitative estimate of drug-likeness (QED) is 0.296. The van der Waals surface area contributed by atoms with E-state index in [0.29, 0.717) is 10.6 Å². The Balaban J connectivity index is 1.84. The number of aryl methyl sites for hydroxylation is 2. The third kappa shape index (κ3) is 5.37. The maximum atomic E-state index is 13.3. The molecule has 0 saturated heterocycles. The van der Waals surface area contributed by atoms with Crippen molar-refractivity contribution in [3.05, 3.63) is 70.4 Å². The standard InChI is InChI=1S/C26H30ClNO3/c1-17(18(2)26(30)31)15-24(29)25-21-16-20(27)13-14-22(21)28(3)23(25)12-8-7-11-19-9-5-4-6-10-19/h4-6,9-10,13-14,16-18H,7-8,11-12,15H2,1-3H3,(H,30,31). The summed E-state index contributed by atoms with van der Waals surface area (Å²) in [6.45, 7) is 3.49. The van der Waals surface area contributed by atoms with E-state index in [4.69, 9.17) is 11.6 Å². The summed E-state index contributed by atoms with van der Waals surface area (Å²) in [6, 6.07) is 16.0. The summed E-state index contributed by atoms with van der Waals surface area (Å²) in [5.41, 5.74) is 4.00. The number of halogens is 1. The van der Waals surface area contributed by atoms with Crippen LogP contribution in [0, 0.1) is 11.8 Å². The lowest BCUT2D eigenvalue weighted by molar-refractivity contribution is -0.142. The molecule has 4 nitrogen and oxygen atoms in total. The number of unbranched alkanes of at least 4 members (excludes halogenated alkanes) is 1. The molecule has 0 amide bonds. The lowest BCUT2D eigenvalue weighted by Crippen LogP contribution is -2.21. The van der Waals surface area contributed by atoms with Gasteiger partial charge in [0.1, 0.15) is 0 Å². The molecule has 164 valence electrons. The van der Waals surface area contributed by atoms with Gasteiger partial charge in [0.25, 0.3) is 0 Å². The normalized spacial score (nSPS) is 13.3. The minimum Gasteiger partial charge on any atom is -0.481 e. The number of rotatable bonds is 10. The highest BCUT2D eigenvalue weighted by Gasteiger charge is 2.26. The molecular weight excluding hydrogens is 410 g/mol. The van der Waals surface area contributed by atoms with Crippen molar-refractivity contribution in [2.75, 3.05) is 0 Å². The summed E-state index contributed by atoms with van der Waals surface area (Å²) < 4.78 is 2.09. The highest BCUT2D eigenvalue weighted by atomic mass is 35.5. The van der Waals surface area contributed by atoms with Gasteiger partial charge in [0, 0.05) is 40.7 Å². The van der Waals surface area contributed by atoms with Crippen LogP contribution < -0.4 is 0 Å². The number of carboxylic acids is 1. The van der Waals surface area contributed by atoms with Gasteiger partial charge in [0.05, 0.1) is 5.92 Å². The number of aromatic nitrogens is 1. The highest BCUT2D eigenvalue weighted by molar-refractivity contribution is 6.31. The van der Waals surface area contributed by atoms with Crippen LogP contribution in [-0.4, -0.2) is 21.4 Å². The fourth-order valence-corrected chi connectivity index (χ4v) is 4.33. The zero-order valence-electron chi connectivity index (χ0n) is 18.4. The smallest absolute Gasteiger partial charge is 0.306 e. The van der Waals surface area contributed by atoms with Gasteiger partial charge in [-0.25, -0.2) is 0 Å². The molecule has 0 bridgehead atoms. The summed E-state index contributed by atoms with van der Waals surface area (Å²) in [5.74, 6) is -1.70. The lowest BCUT2D eigenvalue weighted by Gasteiger charge is -2.15. The number of fused-ring (bicyclic) bond motifs is 1.